The molecule has 3 nitrogen and oxygen atoms in total. The lowest BCUT2D eigenvalue weighted by molar-refractivity contribution is 0.0695. The Morgan fingerprint density at radius 3 is 2.77 bits per heavy atom. The van der Waals surface area contributed by atoms with Crippen LogP contribution >= 0.6 is 0 Å². The van der Waals surface area contributed by atoms with Crippen molar-refractivity contribution in [2.75, 3.05) is 0 Å². The third-order valence-corrected chi connectivity index (χ3v) is 1.85. The second kappa shape index (κ2) is 3.72. The van der Waals surface area contributed by atoms with Crippen LogP contribution in [0.15, 0.2) is 18.2 Å². The standard InChI is InChI=1S/C10H9NO2/c1-2-8-4-3-7(6-11)5-9(8)10(12)13/h3-5H,2H2,1H3,(H,12,13). The van der Waals surface area contributed by atoms with E-state index in [4.69, 9.17) is 10.4 Å². The molecule has 3 heteroatoms. The molecule has 0 spiro atoms. The molecule has 0 heterocycles. The van der Waals surface area contributed by atoms with Crippen molar-refractivity contribution in [1.82, 2.24) is 0 Å². The van der Waals surface area contributed by atoms with Crippen LogP contribution in [0.2, 0.25) is 0 Å². The van der Waals surface area contributed by atoms with E-state index < -0.39 is 5.97 Å². The zero-order chi connectivity index (χ0) is 9.84. The first-order valence-corrected chi connectivity index (χ1v) is 3.95. The summed E-state index contributed by atoms with van der Waals surface area (Å²) in [6, 6.07) is 6.63. The number of hydrogen-bond donors (Lipinski definition) is 1. The van der Waals surface area contributed by atoms with Gasteiger partial charge in [0.25, 0.3) is 0 Å². The minimum Gasteiger partial charge on any atom is -0.478 e. The van der Waals surface area contributed by atoms with Crippen LogP contribution in [0.4, 0.5) is 0 Å². The highest BCUT2D eigenvalue weighted by Crippen LogP contribution is 2.12. The molecular formula is C10H9NO2. The highest BCUT2D eigenvalue weighted by Gasteiger charge is 2.08. The number of rotatable bonds is 2. The Hall–Kier alpha value is -1.82. The molecule has 0 saturated carbocycles. The summed E-state index contributed by atoms with van der Waals surface area (Å²) < 4.78 is 0. The van der Waals surface area contributed by atoms with Crippen LogP contribution in [0.3, 0.4) is 0 Å². The van der Waals surface area contributed by atoms with Crippen molar-refractivity contribution >= 4 is 5.97 Å². The van der Waals surface area contributed by atoms with Gasteiger partial charge in [0.05, 0.1) is 17.2 Å². The van der Waals surface area contributed by atoms with Gasteiger partial charge < -0.3 is 5.11 Å². The quantitative estimate of drug-likeness (QED) is 0.745. The SMILES string of the molecule is CCc1ccc(C#N)cc1C(=O)O. The molecule has 1 N–H and O–H groups in total. The van der Waals surface area contributed by atoms with E-state index in [1.807, 2.05) is 13.0 Å². The first-order chi connectivity index (χ1) is 6.19. The van der Waals surface area contributed by atoms with Gasteiger partial charge in [0.1, 0.15) is 0 Å². The highest BCUT2D eigenvalue weighted by atomic mass is 16.4. The second-order valence-corrected chi connectivity index (χ2v) is 2.64. The van der Waals surface area contributed by atoms with E-state index in [9.17, 15) is 4.79 Å². The minimum absolute atomic E-state index is 0.224. The Morgan fingerprint density at radius 1 is 1.62 bits per heavy atom. The molecule has 0 fully saturated rings. The molecule has 0 aliphatic rings. The number of carboxylic acid groups (broad SMARTS) is 1. The largest absolute Gasteiger partial charge is 0.478 e. The van der Waals surface area contributed by atoms with Crippen molar-refractivity contribution in [3.63, 3.8) is 0 Å². The first kappa shape index (κ1) is 9.27. The number of aryl methyl sites for hydroxylation is 1. The fourth-order valence-electron chi connectivity index (χ4n) is 1.15. The molecule has 0 atom stereocenters. The van der Waals surface area contributed by atoms with E-state index in [2.05, 4.69) is 0 Å². The van der Waals surface area contributed by atoms with Gasteiger partial charge in [-0.15, -0.1) is 0 Å². The molecule has 13 heavy (non-hydrogen) atoms. The monoisotopic (exact) mass is 175 g/mol. The van der Waals surface area contributed by atoms with E-state index in [1.165, 1.54) is 6.07 Å². The summed E-state index contributed by atoms with van der Waals surface area (Å²) in [5, 5.41) is 17.4. The maximum Gasteiger partial charge on any atom is 0.336 e. The van der Waals surface area contributed by atoms with Gasteiger partial charge in [0, 0.05) is 0 Å². The average Bonchev–Trinajstić information content (AvgIpc) is 2.16. The smallest absolute Gasteiger partial charge is 0.336 e. The van der Waals surface area contributed by atoms with Crippen LogP contribution in [0.25, 0.3) is 0 Å². The van der Waals surface area contributed by atoms with E-state index in [-0.39, 0.29) is 5.56 Å². The normalized spacial score (nSPS) is 9.23. The third-order valence-electron chi connectivity index (χ3n) is 1.85. The number of nitriles is 1. The Bertz CT molecular complexity index is 377. The zero-order valence-corrected chi connectivity index (χ0v) is 7.24. The molecule has 0 aromatic heterocycles. The fraction of sp³-hybridized carbons (Fsp3) is 0.200. The zero-order valence-electron chi connectivity index (χ0n) is 7.24. The molecule has 1 rings (SSSR count). The molecule has 0 amide bonds. The molecule has 1 aromatic rings. The van der Waals surface area contributed by atoms with Gasteiger partial charge in [0.2, 0.25) is 0 Å². The maximum atomic E-state index is 10.7. The Balaban J connectivity index is 3.28. The Morgan fingerprint density at radius 2 is 2.31 bits per heavy atom. The van der Waals surface area contributed by atoms with Gasteiger partial charge >= 0.3 is 5.97 Å². The van der Waals surface area contributed by atoms with Crippen molar-refractivity contribution in [2.45, 2.75) is 13.3 Å². The van der Waals surface area contributed by atoms with Gasteiger partial charge in [-0.1, -0.05) is 13.0 Å². The summed E-state index contributed by atoms with van der Waals surface area (Å²) in [6.07, 6.45) is 0.660. The predicted octanol–water partition coefficient (Wildman–Crippen LogP) is 1.82. The third kappa shape index (κ3) is 1.85. The van der Waals surface area contributed by atoms with Gasteiger partial charge in [-0.05, 0) is 24.1 Å². The van der Waals surface area contributed by atoms with Crippen LogP contribution in [-0.4, -0.2) is 11.1 Å². The molecule has 0 unspecified atom stereocenters. The predicted molar refractivity (Wildman–Crippen MR) is 47.5 cm³/mol. The Kier molecular flexibility index (Phi) is 2.65. The summed E-state index contributed by atoms with van der Waals surface area (Å²) in [4.78, 5) is 10.7. The second-order valence-electron chi connectivity index (χ2n) is 2.64. The minimum atomic E-state index is -0.978. The summed E-state index contributed by atoms with van der Waals surface area (Å²) >= 11 is 0. The van der Waals surface area contributed by atoms with E-state index in [1.54, 1.807) is 12.1 Å². The van der Waals surface area contributed by atoms with E-state index in [0.717, 1.165) is 5.56 Å². The topological polar surface area (TPSA) is 61.1 Å². The van der Waals surface area contributed by atoms with Crippen molar-refractivity contribution < 1.29 is 9.90 Å². The van der Waals surface area contributed by atoms with Crippen molar-refractivity contribution in [1.29, 1.82) is 5.26 Å². The van der Waals surface area contributed by atoms with Crippen LogP contribution < -0.4 is 0 Å². The van der Waals surface area contributed by atoms with Crippen molar-refractivity contribution in [3.05, 3.63) is 34.9 Å². The van der Waals surface area contributed by atoms with Gasteiger partial charge in [-0.3, -0.25) is 0 Å². The van der Waals surface area contributed by atoms with Crippen LogP contribution in [0.1, 0.15) is 28.4 Å². The van der Waals surface area contributed by atoms with Crippen molar-refractivity contribution in [3.8, 4) is 6.07 Å². The number of benzene rings is 1. The van der Waals surface area contributed by atoms with Crippen LogP contribution in [0, 0.1) is 11.3 Å². The van der Waals surface area contributed by atoms with Crippen LogP contribution in [-0.2, 0) is 6.42 Å². The molecule has 0 aliphatic heterocycles. The van der Waals surface area contributed by atoms with Crippen LogP contribution in [0.5, 0.6) is 0 Å². The maximum absolute atomic E-state index is 10.7. The number of nitrogens with zero attached hydrogens (tertiary/aromatic N) is 1. The van der Waals surface area contributed by atoms with E-state index in [0.29, 0.717) is 12.0 Å². The molecule has 66 valence electrons. The average molecular weight is 175 g/mol. The lowest BCUT2D eigenvalue weighted by Crippen LogP contribution is -2.02. The molecule has 0 bridgehead atoms. The summed E-state index contributed by atoms with van der Waals surface area (Å²) in [5.41, 5.74) is 1.36. The van der Waals surface area contributed by atoms with Gasteiger partial charge in [0.15, 0.2) is 0 Å². The lowest BCUT2D eigenvalue weighted by Gasteiger charge is -2.02. The Labute approximate surface area is 76.2 Å². The summed E-state index contributed by atoms with van der Waals surface area (Å²) in [5.74, 6) is -0.978. The lowest BCUT2D eigenvalue weighted by atomic mass is 10.0. The first-order valence-electron chi connectivity index (χ1n) is 3.95. The molecule has 0 saturated heterocycles. The number of carboxylic acids is 1. The molecule has 0 radical (unpaired) electrons. The summed E-state index contributed by atoms with van der Waals surface area (Å²) in [6.45, 7) is 1.88. The summed E-state index contributed by atoms with van der Waals surface area (Å²) in [7, 11) is 0. The van der Waals surface area contributed by atoms with Gasteiger partial charge in [-0.25, -0.2) is 4.79 Å². The van der Waals surface area contributed by atoms with Crippen molar-refractivity contribution in [2.24, 2.45) is 0 Å². The molecule has 0 aliphatic carbocycles. The fourth-order valence-corrected chi connectivity index (χ4v) is 1.15. The molecule has 1 aromatic carbocycles. The van der Waals surface area contributed by atoms with Gasteiger partial charge in [-0.2, -0.15) is 5.26 Å². The van der Waals surface area contributed by atoms with E-state index >= 15 is 0 Å². The number of hydrogen-bond acceptors (Lipinski definition) is 2. The number of carbonyl (C=O) groups is 1. The molecular weight excluding hydrogens is 166 g/mol. The highest BCUT2D eigenvalue weighted by molar-refractivity contribution is 5.89. The number of aromatic carboxylic acids is 1.